The van der Waals surface area contributed by atoms with Crippen LogP contribution < -0.4 is 25.0 Å². The van der Waals surface area contributed by atoms with Crippen LogP contribution in [0.15, 0.2) is 69.9 Å². The average Bonchev–Trinajstić information content (AvgIpc) is 2.92. The van der Waals surface area contributed by atoms with Crippen LogP contribution in [0.2, 0.25) is 0 Å². The molecule has 7 nitrogen and oxygen atoms in total. The fourth-order valence-electron chi connectivity index (χ4n) is 4.99. The minimum atomic E-state index is -0.191. The van der Waals surface area contributed by atoms with Crippen LogP contribution in [0.5, 0.6) is 17.2 Å². The van der Waals surface area contributed by atoms with E-state index in [0.717, 1.165) is 19.3 Å². The number of benzene rings is 3. The Hall–Kier alpha value is -4.26. The molecule has 0 bridgehead atoms. The summed E-state index contributed by atoms with van der Waals surface area (Å²) < 4.78 is 22.5. The van der Waals surface area contributed by atoms with E-state index in [9.17, 15) is 9.59 Å². The number of nitrogens with one attached hydrogen (secondary N) is 1. The summed E-state index contributed by atoms with van der Waals surface area (Å²) in [5, 5.41) is 3.51. The van der Waals surface area contributed by atoms with Gasteiger partial charge >= 0.3 is 0 Å². The molecular formula is C30H29NO6. The first kappa shape index (κ1) is 24.4. The smallest absolute Gasteiger partial charge is 0.258 e. The van der Waals surface area contributed by atoms with E-state index in [-0.39, 0.29) is 24.0 Å². The van der Waals surface area contributed by atoms with E-state index < -0.39 is 0 Å². The molecule has 1 atom stereocenters. The molecule has 1 aliphatic carbocycles. The Morgan fingerprint density at radius 2 is 1.84 bits per heavy atom. The number of carbonyl (C=O) groups excluding carboxylic acids is 1. The van der Waals surface area contributed by atoms with E-state index in [1.807, 2.05) is 12.1 Å². The Balaban J connectivity index is 1.33. The fourth-order valence-corrected chi connectivity index (χ4v) is 4.99. The highest BCUT2D eigenvalue weighted by molar-refractivity contribution is 5.84. The van der Waals surface area contributed by atoms with E-state index in [1.54, 1.807) is 57.5 Å². The van der Waals surface area contributed by atoms with Gasteiger partial charge in [-0.25, -0.2) is 0 Å². The Kier molecular flexibility index (Phi) is 6.86. The molecule has 5 rings (SSSR count). The molecule has 1 aromatic heterocycles. The molecule has 7 heteroatoms. The van der Waals surface area contributed by atoms with Gasteiger partial charge in [-0.3, -0.25) is 9.59 Å². The zero-order chi connectivity index (χ0) is 25.9. The van der Waals surface area contributed by atoms with Crippen molar-refractivity contribution in [3.05, 3.63) is 87.8 Å². The average molecular weight is 500 g/mol. The molecule has 3 aromatic carbocycles. The van der Waals surface area contributed by atoms with Gasteiger partial charge in [-0.1, -0.05) is 30.3 Å². The van der Waals surface area contributed by atoms with Crippen LogP contribution in [-0.4, -0.2) is 26.7 Å². The standard InChI is InChI=1S/C30H29NO6/c1-18-29(20-11-14-25(34-2)27(15-20)35-3)30(33)23-13-12-21(16-26(23)37-18)36-17-28(32)31-24-10-6-8-19-7-4-5-9-22(19)24/h4-5,7,9,11-16,24H,6,8,10,17H2,1-3H3,(H,31,32). The van der Waals surface area contributed by atoms with Crippen molar-refractivity contribution in [2.45, 2.75) is 32.2 Å². The van der Waals surface area contributed by atoms with Crippen molar-refractivity contribution in [2.75, 3.05) is 20.8 Å². The Labute approximate surface area is 215 Å². The van der Waals surface area contributed by atoms with Crippen molar-refractivity contribution in [2.24, 2.45) is 0 Å². The van der Waals surface area contributed by atoms with Gasteiger partial charge < -0.3 is 23.9 Å². The highest BCUT2D eigenvalue weighted by atomic mass is 16.5. The second-order valence-electron chi connectivity index (χ2n) is 9.09. The van der Waals surface area contributed by atoms with Gasteiger partial charge in [0.1, 0.15) is 17.1 Å². The second-order valence-corrected chi connectivity index (χ2v) is 9.09. The lowest BCUT2D eigenvalue weighted by Crippen LogP contribution is -2.34. The summed E-state index contributed by atoms with van der Waals surface area (Å²) in [4.78, 5) is 26.0. The first-order valence-electron chi connectivity index (χ1n) is 12.3. The first-order valence-corrected chi connectivity index (χ1v) is 12.3. The van der Waals surface area contributed by atoms with Gasteiger partial charge in [-0.2, -0.15) is 0 Å². The van der Waals surface area contributed by atoms with E-state index in [0.29, 0.717) is 45.1 Å². The maximum atomic E-state index is 13.4. The van der Waals surface area contributed by atoms with Gasteiger partial charge in [0.2, 0.25) is 5.43 Å². The first-order chi connectivity index (χ1) is 18.0. The van der Waals surface area contributed by atoms with Crippen LogP contribution in [0.4, 0.5) is 0 Å². The van der Waals surface area contributed by atoms with Crippen molar-refractivity contribution >= 4 is 16.9 Å². The Morgan fingerprint density at radius 1 is 1.03 bits per heavy atom. The number of rotatable bonds is 7. The van der Waals surface area contributed by atoms with Crippen LogP contribution >= 0.6 is 0 Å². The summed E-state index contributed by atoms with van der Waals surface area (Å²) in [5.74, 6) is 1.83. The lowest BCUT2D eigenvalue weighted by molar-refractivity contribution is -0.123. The number of hydrogen-bond acceptors (Lipinski definition) is 6. The number of hydrogen-bond donors (Lipinski definition) is 1. The topological polar surface area (TPSA) is 87.0 Å². The molecule has 1 heterocycles. The predicted molar refractivity (Wildman–Crippen MR) is 142 cm³/mol. The monoisotopic (exact) mass is 499 g/mol. The molecule has 1 aliphatic rings. The largest absolute Gasteiger partial charge is 0.493 e. The lowest BCUT2D eigenvalue weighted by Gasteiger charge is -2.26. The zero-order valence-electron chi connectivity index (χ0n) is 21.1. The number of amides is 1. The fraction of sp³-hybridized carbons (Fsp3) is 0.267. The predicted octanol–water partition coefficient (Wildman–Crippen LogP) is 5.36. The maximum Gasteiger partial charge on any atom is 0.258 e. The molecule has 1 amide bonds. The van der Waals surface area contributed by atoms with Gasteiger partial charge in [-0.05, 0) is 67.1 Å². The Bertz CT molecular complexity index is 1520. The van der Waals surface area contributed by atoms with Crippen LogP contribution in [0.3, 0.4) is 0 Å². The van der Waals surface area contributed by atoms with E-state index in [4.69, 9.17) is 18.6 Å². The van der Waals surface area contributed by atoms with Crippen molar-refractivity contribution in [3.8, 4) is 28.4 Å². The molecule has 0 spiro atoms. The zero-order valence-corrected chi connectivity index (χ0v) is 21.1. The summed E-state index contributed by atoms with van der Waals surface area (Å²) in [5.41, 5.74) is 3.82. The van der Waals surface area contributed by atoms with E-state index in [2.05, 4.69) is 17.4 Å². The van der Waals surface area contributed by atoms with Crippen molar-refractivity contribution in [1.29, 1.82) is 0 Å². The molecule has 0 saturated carbocycles. The molecule has 190 valence electrons. The molecule has 0 saturated heterocycles. The SMILES string of the molecule is COc1ccc(-c2c(C)oc3cc(OCC(=O)NC4CCCc5ccccc54)ccc3c2=O)cc1OC. The van der Waals surface area contributed by atoms with Crippen molar-refractivity contribution in [1.82, 2.24) is 5.32 Å². The van der Waals surface area contributed by atoms with Gasteiger partial charge in [0, 0.05) is 6.07 Å². The third-order valence-electron chi connectivity index (χ3n) is 6.79. The third-order valence-corrected chi connectivity index (χ3v) is 6.79. The number of aryl methyl sites for hydroxylation is 2. The molecule has 0 radical (unpaired) electrons. The van der Waals surface area contributed by atoms with Crippen LogP contribution in [0.25, 0.3) is 22.1 Å². The summed E-state index contributed by atoms with van der Waals surface area (Å²) >= 11 is 0. The molecule has 37 heavy (non-hydrogen) atoms. The summed E-state index contributed by atoms with van der Waals surface area (Å²) in [6.45, 7) is 1.62. The van der Waals surface area contributed by atoms with Crippen LogP contribution in [0, 0.1) is 6.92 Å². The van der Waals surface area contributed by atoms with Gasteiger partial charge in [0.15, 0.2) is 18.1 Å². The van der Waals surface area contributed by atoms with E-state index in [1.165, 1.54) is 11.1 Å². The summed E-state index contributed by atoms with van der Waals surface area (Å²) in [6.07, 6.45) is 2.98. The van der Waals surface area contributed by atoms with Gasteiger partial charge in [-0.15, -0.1) is 0 Å². The Morgan fingerprint density at radius 3 is 2.65 bits per heavy atom. The van der Waals surface area contributed by atoms with Crippen molar-refractivity contribution in [3.63, 3.8) is 0 Å². The molecule has 0 fully saturated rings. The minimum absolute atomic E-state index is 0.00618. The van der Waals surface area contributed by atoms with Gasteiger partial charge in [0.25, 0.3) is 5.91 Å². The number of methoxy groups -OCH3 is 2. The minimum Gasteiger partial charge on any atom is -0.493 e. The number of fused-ring (bicyclic) bond motifs is 2. The summed E-state index contributed by atoms with van der Waals surface area (Å²) in [7, 11) is 3.11. The van der Waals surface area contributed by atoms with Crippen molar-refractivity contribution < 1.29 is 23.4 Å². The molecule has 4 aromatic rings. The maximum absolute atomic E-state index is 13.4. The van der Waals surface area contributed by atoms with Crippen LogP contribution in [0.1, 0.15) is 35.8 Å². The highest BCUT2D eigenvalue weighted by Crippen LogP contribution is 2.34. The van der Waals surface area contributed by atoms with E-state index >= 15 is 0 Å². The molecule has 1 N–H and O–H groups in total. The molecule has 0 aliphatic heterocycles. The third kappa shape index (κ3) is 4.89. The quantitative estimate of drug-likeness (QED) is 0.369. The lowest BCUT2D eigenvalue weighted by atomic mass is 9.88. The number of ether oxygens (including phenoxy) is 3. The summed E-state index contributed by atoms with van der Waals surface area (Å²) in [6, 6.07) is 18.5. The number of carbonyl (C=O) groups is 1. The molecule has 1 unspecified atom stereocenters. The second kappa shape index (κ2) is 10.4. The highest BCUT2D eigenvalue weighted by Gasteiger charge is 2.22. The van der Waals surface area contributed by atoms with Crippen LogP contribution in [-0.2, 0) is 11.2 Å². The van der Waals surface area contributed by atoms with Gasteiger partial charge in [0.05, 0.1) is 31.2 Å². The normalized spacial score (nSPS) is 14.6. The molecular weight excluding hydrogens is 470 g/mol.